The maximum Gasteiger partial charge on any atom is 0.233 e. The number of rotatable bonds is 8. The SMILES string of the molecule is CC(Sc1nnnn1C1CC1)C(=O)NCC(c1ccccc1)N(C)C. The van der Waals surface area contributed by atoms with Crippen molar-refractivity contribution in [1.82, 2.24) is 30.4 Å². The van der Waals surface area contributed by atoms with Gasteiger partial charge in [0, 0.05) is 6.54 Å². The van der Waals surface area contributed by atoms with Gasteiger partial charge in [0.2, 0.25) is 11.1 Å². The molecule has 0 bridgehead atoms. The van der Waals surface area contributed by atoms with E-state index in [0.29, 0.717) is 12.6 Å². The Labute approximate surface area is 152 Å². The Morgan fingerprint density at radius 2 is 2.08 bits per heavy atom. The van der Waals surface area contributed by atoms with Crippen LogP contribution in [-0.4, -0.2) is 56.9 Å². The lowest BCUT2D eigenvalue weighted by molar-refractivity contribution is -0.120. The Morgan fingerprint density at radius 1 is 1.36 bits per heavy atom. The topological polar surface area (TPSA) is 75.9 Å². The van der Waals surface area contributed by atoms with Crippen LogP contribution < -0.4 is 5.32 Å². The third-order valence-corrected chi connectivity index (χ3v) is 5.33. The summed E-state index contributed by atoms with van der Waals surface area (Å²) in [5.74, 6) is -0.00173. The average molecular weight is 360 g/mol. The van der Waals surface area contributed by atoms with Crippen LogP contribution >= 0.6 is 11.8 Å². The highest BCUT2D eigenvalue weighted by Gasteiger charge is 2.29. The fourth-order valence-electron chi connectivity index (χ4n) is 2.64. The molecule has 2 atom stereocenters. The van der Waals surface area contributed by atoms with E-state index in [1.165, 1.54) is 17.3 Å². The minimum atomic E-state index is -0.248. The Bertz CT molecular complexity index is 700. The Balaban J connectivity index is 1.56. The van der Waals surface area contributed by atoms with Crippen molar-refractivity contribution < 1.29 is 4.79 Å². The summed E-state index contributed by atoms with van der Waals surface area (Å²) < 4.78 is 1.83. The van der Waals surface area contributed by atoms with Crippen LogP contribution in [0.5, 0.6) is 0 Å². The normalized spacial score (nSPS) is 16.6. The fraction of sp³-hybridized carbons (Fsp3) is 0.529. The van der Waals surface area contributed by atoms with Gasteiger partial charge in [0.1, 0.15) is 0 Å². The molecule has 1 N–H and O–H groups in total. The molecule has 1 aliphatic carbocycles. The Kier molecular flexibility index (Phi) is 5.70. The first-order valence-electron chi connectivity index (χ1n) is 8.50. The van der Waals surface area contributed by atoms with Crippen LogP contribution in [0.15, 0.2) is 35.5 Å². The second kappa shape index (κ2) is 7.97. The van der Waals surface area contributed by atoms with E-state index in [9.17, 15) is 4.79 Å². The number of tetrazole rings is 1. The highest BCUT2D eigenvalue weighted by atomic mass is 32.2. The van der Waals surface area contributed by atoms with E-state index in [1.54, 1.807) is 0 Å². The first-order valence-corrected chi connectivity index (χ1v) is 9.38. The average Bonchev–Trinajstić information content (AvgIpc) is 3.35. The number of likely N-dealkylation sites (N-methyl/N-ethyl adjacent to an activating group) is 1. The smallest absolute Gasteiger partial charge is 0.233 e. The van der Waals surface area contributed by atoms with Gasteiger partial charge in [0.15, 0.2) is 0 Å². The molecule has 8 heteroatoms. The van der Waals surface area contributed by atoms with E-state index < -0.39 is 0 Å². The summed E-state index contributed by atoms with van der Waals surface area (Å²) in [7, 11) is 4.04. The van der Waals surface area contributed by atoms with Gasteiger partial charge in [-0.15, -0.1) is 5.10 Å². The number of aromatic nitrogens is 4. The Morgan fingerprint density at radius 3 is 2.72 bits per heavy atom. The van der Waals surface area contributed by atoms with Gasteiger partial charge in [-0.05, 0) is 49.9 Å². The number of amides is 1. The van der Waals surface area contributed by atoms with Gasteiger partial charge in [-0.1, -0.05) is 42.1 Å². The van der Waals surface area contributed by atoms with Gasteiger partial charge in [-0.2, -0.15) is 0 Å². The molecule has 1 aliphatic rings. The third kappa shape index (κ3) is 4.58. The van der Waals surface area contributed by atoms with E-state index in [0.717, 1.165) is 18.0 Å². The summed E-state index contributed by atoms with van der Waals surface area (Å²) >= 11 is 1.41. The quantitative estimate of drug-likeness (QED) is 0.725. The Hall–Kier alpha value is -1.93. The molecule has 2 unspecified atom stereocenters. The number of thioether (sulfide) groups is 1. The molecule has 1 heterocycles. The summed E-state index contributed by atoms with van der Waals surface area (Å²) in [6.07, 6.45) is 2.22. The van der Waals surface area contributed by atoms with Crippen LogP contribution in [0.25, 0.3) is 0 Å². The first kappa shape index (κ1) is 17.9. The van der Waals surface area contributed by atoms with Gasteiger partial charge in [-0.3, -0.25) is 4.79 Å². The molecule has 1 saturated carbocycles. The number of benzene rings is 1. The molecule has 0 aliphatic heterocycles. The highest BCUT2D eigenvalue weighted by molar-refractivity contribution is 8.00. The molecule has 1 aromatic carbocycles. The number of hydrogen-bond acceptors (Lipinski definition) is 6. The van der Waals surface area contributed by atoms with Crippen molar-refractivity contribution in [2.75, 3.05) is 20.6 Å². The molecule has 25 heavy (non-hydrogen) atoms. The van der Waals surface area contributed by atoms with E-state index in [2.05, 4.69) is 37.9 Å². The van der Waals surface area contributed by atoms with Gasteiger partial charge in [0.25, 0.3) is 0 Å². The van der Waals surface area contributed by atoms with Gasteiger partial charge >= 0.3 is 0 Å². The van der Waals surface area contributed by atoms with Crippen molar-refractivity contribution in [2.24, 2.45) is 0 Å². The minimum absolute atomic E-state index is 0.00173. The van der Waals surface area contributed by atoms with Crippen LogP contribution in [0, 0.1) is 0 Å². The largest absolute Gasteiger partial charge is 0.353 e. The third-order valence-electron chi connectivity index (χ3n) is 4.28. The van der Waals surface area contributed by atoms with Crippen molar-refractivity contribution in [3.63, 3.8) is 0 Å². The predicted octanol–water partition coefficient (Wildman–Crippen LogP) is 1.91. The molecule has 2 aromatic rings. The maximum absolute atomic E-state index is 12.5. The summed E-state index contributed by atoms with van der Waals surface area (Å²) in [4.78, 5) is 14.6. The van der Waals surface area contributed by atoms with Crippen molar-refractivity contribution in [3.05, 3.63) is 35.9 Å². The van der Waals surface area contributed by atoms with Crippen molar-refractivity contribution >= 4 is 17.7 Å². The van der Waals surface area contributed by atoms with Crippen molar-refractivity contribution in [2.45, 2.75) is 42.3 Å². The zero-order chi connectivity index (χ0) is 17.8. The zero-order valence-electron chi connectivity index (χ0n) is 14.8. The van der Waals surface area contributed by atoms with E-state index in [-0.39, 0.29) is 17.2 Å². The number of hydrogen-bond donors (Lipinski definition) is 1. The second-order valence-corrected chi connectivity index (χ2v) is 7.84. The second-order valence-electron chi connectivity index (χ2n) is 6.53. The molecular weight excluding hydrogens is 336 g/mol. The van der Waals surface area contributed by atoms with Crippen molar-refractivity contribution in [1.29, 1.82) is 0 Å². The molecule has 3 rings (SSSR count). The number of nitrogens with one attached hydrogen (secondary N) is 1. The molecule has 1 fully saturated rings. The molecule has 1 amide bonds. The number of carbonyl (C=O) groups is 1. The summed E-state index contributed by atoms with van der Waals surface area (Å²) in [5, 5.41) is 15.3. The van der Waals surface area contributed by atoms with Gasteiger partial charge < -0.3 is 10.2 Å². The van der Waals surface area contributed by atoms with Crippen LogP contribution in [0.4, 0.5) is 0 Å². The molecule has 134 valence electrons. The number of nitrogens with zero attached hydrogens (tertiary/aromatic N) is 5. The van der Waals surface area contributed by atoms with E-state index in [1.807, 2.05) is 43.9 Å². The maximum atomic E-state index is 12.5. The highest BCUT2D eigenvalue weighted by Crippen LogP contribution is 2.37. The predicted molar refractivity (Wildman–Crippen MR) is 97.3 cm³/mol. The lowest BCUT2D eigenvalue weighted by atomic mass is 10.1. The lowest BCUT2D eigenvalue weighted by Gasteiger charge is -2.25. The lowest BCUT2D eigenvalue weighted by Crippen LogP contribution is -2.38. The monoisotopic (exact) mass is 360 g/mol. The summed E-state index contributed by atoms with van der Waals surface area (Å²) in [6.45, 7) is 2.45. The molecular formula is C17H24N6OS. The molecule has 7 nitrogen and oxygen atoms in total. The van der Waals surface area contributed by atoms with Crippen molar-refractivity contribution in [3.8, 4) is 0 Å². The van der Waals surface area contributed by atoms with Gasteiger partial charge in [-0.25, -0.2) is 4.68 Å². The van der Waals surface area contributed by atoms with Gasteiger partial charge in [0.05, 0.1) is 17.3 Å². The number of carbonyl (C=O) groups excluding carboxylic acids is 1. The van der Waals surface area contributed by atoms with E-state index in [4.69, 9.17) is 0 Å². The van der Waals surface area contributed by atoms with Crippen LogP contribution in [-0.2, 0) is 4.79 Å². The standard InChI is InChI=1S/C17H24N6OS/c1-12(25-17-19-20-21-23(17)14-9-10-14)16(24)18-11-15(22(2)3)13-7-5-4-6-8-13/h4-8,12,14-15H,9-11H2,1-3H3,(H,18,24). The molecule has 0 radical (unpaired) electrons. The molecule has 0 saturated heterocycles. The molecule has 0 spiro atoms. The van der Waals surface area contributed by atoms with Crippen LogP contribution in [0.1, 0.15) is 37.4 Å². The fourth-order valence-corrected chi connectivity index (χ4v) is 3.52. The summed E-state index contributed by atoms with van der Waals surface area (Å²) in [5.41, 5.74) is 1.19. The summed E-state index contributed by atoms with van der Waals surface area (Å²) in [6, 6.07) is 10.7. The first-order chi connectivity index (χ1) is 12.1. The molecule has 1 aromatic heterocycles. The minimum Gasteiger partial charge on any atom is -0.353 e. The van der Waals surface area contributed by atoms with Crippen LogP contribution in [0.2, 0.25) is 0 Å². The van der Waals surface area contributed by atoms with E-state index >= 15 is 0 Å². The van der Waals surface area contributed by atoms with Crippen LogP contribution in [0.3, 0.4) is 0 Å². The zero-order valence-corrected chi connectivity index (χ0v) is 15.6.